The smallest absolute Gasteiger partial charge is 0.463 e. The highest BCUT2D eigenvalue weighted by molar-refractivity contribution is 7.48. The zero-order valence-electron chi connectivity index (χ0n) is 18.8. The lowest BCUT2D eigenvalue weighted by molar-refractivity contribution is -0.152. The van der Waals surface area contributed by atoms with Gasteiger partial charge in [-0.2, -0.15) is 0 Å². The third-order valence-corrected chi connectivity index (χ3v) is 7.52. The van der Waals surface area contributed by atoms with E-state index < -0.39 is 37.1 Å². The van der Waals surface area contributed by atoms with Gasteiger partial charge in [0.1, 0.15) is 34.9 Å². The van der Waals surface area contributed by atoms with Gasteiger partial charge in [0.15, 0.2) is 6.23 Å². The lowest BCUT2D eigenvalue weighted by atomic mass is 10.0. The van der Waals surface area contributed by atoms with E-state index in [1.54, 1.807) is 44.5 Å². The van der Waals surface area contributed by atoms with Crippen LogP contribution in [-0.2, 0) is 32.4 Å². The predicted molar refractivity (Wildman–Crippen MR) is 120 cm³/mol. The Bertz CT molecular complexity index is 1080. The number of ether oxygens (including phenoxy) is 2. The zero-order chi connectivity index (χ0) is 24.0. The van der Waals surface area contributed by atoms with Gasteiger partial charge in [0.25, 0.3) is 0 Å². The van der Waals surface area contributed by atoms with Crippen LogP contribution < -0.4 is 5.73 Å². The maximum Gasteiger partial charge on any atom is 0.475 e. The molecule has 2 aromatic rings. The monoisotopic (exact) mass is 502 g/mol. The van der Waals surface area contributed by atoms with Crippen LogP contribution in [0.15, 0.2) is 18.6 Å². The van der Waals surface area contributed by atoms with Crippen molar-refractivity contribution in [1.29, 1.82) is 0 Å². The summed E-state index contributed by atoms with van der Waals surface area (Å²) in [5.41, 5.74) is 6.49. The van der Waals surface area contributed by atoms with Gasteiger partial charge in [-0.25, -0.2) is 14.5 Å². The second-order valence-electron chi connectivity index (χ2n) is 8.67. The summed E-state index contributed by atoms with van der Waals surface area (Å²) < 4.78 is 42.8. The Morgan fingerprint density at radius 2 is 2.18 bits per heavy atom. The van der Waals surface area contributed by atoms with Gasteiger partial charge in [0, 0.05) is 6.20 Å². The summed E-state index contributed by atoms with van der Waals surface area (Å²) in [5, 5.41) is 0.666. The second kappa shape index (κ2) is 9.13. The summed E-state index contributed by atoms with van der Waals surface area (Å²) in [5.74, 6) is -0.430. The molecule has 0 saturated carbocycles. The Kier molecular flexibility index (Phi) is 6.74. The van der Waals surface area contributed by atoms with E-state index in [1.807, 2.05) is 0 Å². The van der Waals surface area contributed by atoms with E-state index in [1.165, 1.54) is 6.33 Å². The molecule has 2 saturated heterocycles. The minimum absolute atomic E-state index is 0.00918. The highest BCUT2D eigenvalue weighted by Gasteiger charge is 2.60. The molecule has 2 N–H and O–H groups in total. The molecule has 182 valence electrons. The zero-order valence-corrected chi connectivity index (χ0v) is 20.5. The number of hydrogen-bond acceptors (Lipinski definition) is 10. The Morgan fingerprint density at radius 1 is 1.42 bits per heavy atom. The number of anilines is 1. The molecule has 0 amide bonds. The van der Waals surface area contributed by atoms with Crippen molar-refractivity contribution in [1.82, 2.24) is 14.5 Å². The van der Waals surface area contributed by atoms with Crippen LogP contribution >= 0.6 is 19.4 Å². The molecule has 2 aliphatic heterocycles. The van der Waals surface area contributed by atoms with Crippen LogP contribution in [0.2, 0.25) is 0 Å². The van der Waals surface area contributed by atoms with Crippen molar-refractivity contribution >= 4 is 42.2 Å². The minimum Gasteiger partial charge on any atom is -0.463 e. The highest BCUT2D eigenvalue weighted by Crippen LogP contribution is 2.60. The van der Waals surface area contributed by atoms with Gasteiger partial charge >= 0.3 is 13.8 Å². The van der Waals surface area contributed by atoms with Crippen molar-refractivity contribution in [2.45, 2.75) is 63.5 Å². The summed E-state index contributed by atoms with van der Waals surface area (Å²) in [6.07, 6.45) is 1.17. The lowest BCUT2D eigenvalue weighted by Gasteiger charge is -2.34. The number of carbonyl (C=O) groups excluding carboxylic acids is 1. The largest absolute Gasteiger partial charge is 0.475 e. The van der Waals surface area contributed by atoms with Gasteiger partial charge in [-0.1, -0.05) is 6.92 Å². The molecule has 0 bridgehead atoms. The number of rotatable bonds is 7. The summed E-state index contributed by atoms with van der Waals surface area (Å²) in [6.45, 7) is 6.97. The molecule has 0 spiro atoms. The molecule has 13 heteroatoms. The molecule has 33 heavy (non-hydrogen) atoms. The van der Waals surface area contributed by atoms with Gasteiger partial charge in [0.05, 0.1) is 30.6 Å². The first-order chi connectivity index (χ1) is 15.5. The molecular weight excluding hydrogens is 475 g/mol. The number of fused-ring (bicyclic) bond motifs is 2. The van der Waals surface area contributed by atoms with E-state index in [-0.39, 0.29) is 25.3 Å². The summed E-state index contributed by atoms with van der Waals surface area (Å²) >= 11 is 6.90. The number of nitrogens with zero attached hydrogens (tertiary/aromatic N) is 3. The first-order valence-corrected chi connectivity index (χ1v) is 12.5. The Hall–Kier alpha value is -1.75. The number of carbonyl (C=O) groups is 1. The van der Waals surface area contributed by atoms with Crippen LogP contribution in [0.4, 0.5) is 5.82 Å². The highest BCUT2D eigenvalue weighted by atomic mass is 35.5. The third-order valence-electron chi connectivity index (χ3n) is 5.67. The van der Waals surface area contributed by atoms with Crippen molar-refractivity contribution < 1.29 is 32.4 Å². The van der Waals surface area contributed by atoms with Crippen molar-refractivity contribution in [3.8, 4) is 0 Å². The van der Waals surface area contributed by atoms with Gasteiger partial charge < -0.3 is 19.8 Å². The van der Waals surface area contributed by atoms with Gasteiger partial charge in [-0.05, 0) is 33.3 Å². The summed E-state index contributed by atoms with van der Waals surface area (Å²) in [4.78, 5) is 19.1. The molecule has 4 rings (SSSR count). The van der Waals surface area contributed by atoms with Crippen molar-refractivity contribution in [3.63, 3.8) is 0 Å². The van der Waals surface area contributed by atoms with Crippen LogP contribution in [0, 0.1) is 5.92 Å². The Labute approximate surface area is 196 Å². The van der Waals surface area contributed by atoms with E-state index in [4.69, 9.17) is 40.4 Å². The SMILES string of the molecule is CC(C)OC(=O)[C@@H](C)CCO[P@]1(=O)OC[C@H]2O[C@@H](n3ccc4c(N)ncnc43)[C@](C)(Cl)[C@@H]2O1. The van der Waals surface area contributed by atoms with Gasteiger partial charge in [0.2, 0.25) is 0 Å². The number of hydrogen-bond donors (Lipinski definition) is 1. The molecule has 0 aliphatic carbocycles. The number of esters is 1. The maximum absolute atomic E-state index is 13.1. The third kappa shape index (κ3) is 4.76. The molecule has 6 atom stereocenters. The molecule has 4 heterocycles. The number of aromatic nitrogens is 3. The molecular formula is C20H28ClN4O7P. The average Bonchev–Trinajstić information content (AvgIpc) is 3.27. The minimum atomic E-state index is -3.91. The molecule has 2 aliphatic rings. The summed E-state index contributed by atoms with van der Waals surface area (Å²) in [7, 11) is -3.91. The van der Waals surface area contributed by atoms with Crippen LogP contribution in [0.25, 0.3) is 11.0 Å². The molecule has 0 unspecified atom stereocenters. The normalized spacial score (nSPS) is 32.7. The lowest BCUT2D eigenvalue weighted by Crippen LogP contribution is -2.44. The number of halogens is 1. The van der Waals surface area contributed by atoms with Crippen LogP contribution in [-0.4, -0.2) is 56.9 Å². The maximum atomic E-state index is 13.1. The number of phosphoric acid groups is 1. The fourth-order valence-corrected chi connectivity index (χ4v) is 5.79. The molecule has 2 aromatic heterocycles. The number of nitrogens with two attached hydrogens (primary N) is 1. The fourth-order valence-electron chi connectivity index (χ4n) is 3.90. The predicted octanol–water partition coefficient (Wildman–Crippen LogP) is 3.43. The van der Waals surface area contributed by atoms with Crippen LogP contribution in [0.3, 0.4) is 0 Å². The Morgan fingerprint density at radius 3 is 2.91 bits per heavy atom. The van der Waals surface area contributed by atoms with Gasteiger partial charge in [-0.15, -0.1) is 11.6 Å². The average molecular weight is 503 g/mol. The van der Waals surface area contributed by atoms with Crippen molar-refractivity contribution in [3.05, 3.63) is 18.6 Å². The van der Waals surface area contributed by atoms with Crippen LogP contribution in [0.1, 0.15) is 40.3 Å². The first-order valence-electron chi connectivity index (χ1n) is 10.7. The number of phosphoric ester groups is 1. The van der Waals surface area contributed by atoms with E-state index in [9.17, 15) is 9.36 Å². The van der Waals surface area contributed by atoms with Crippen molar-refractivity contribution in [2.24, 2.45) is 5.92 Å². The Balaban J connectivity index is 1.43. The van der Waals surface area contributed by atoms with E-state index in [2.05, 4.69) is 9.97 Å². The molecule has 0 aromatic carbocycles. The first kappa shape index (κ1) is 24.4. The quantitative estimate of drug-likeness (QED) is 0.340. The van der Waals surface area contributed by atoms with E-state index in [0.717, 1.165) is 0 Å². The standard InChI is InChI=1S/C20H28ClN4O7P/c1-11(2)30-18(26)12(3)6-8-28-33(27)29-9-14-15(32-33)20(4,21)19(31-14)25-7-5-13-16(22)23-10-24-17(13)25/h5,7,10-12,14-15,19H,6,8-9H2,1-4H3,(H2,22,23,24)/t12-,14+,15+,19+,20+,33+/m0/s1. The molecule has 0 radical (unpaired) electrons. The molecule has 2 fully saturated rings. The number of nitrogen functional groups attached to an aromatic ring is 1. The van der Waals surface area contributed by atoms with Crippen LogP contribution in [0.5, 0.6) is 0 Å². The number of alkyl halides is 1. The summed E-state index contributed by atoms with van der Waals surface area (Å²) in [6, 6.07) is 1.78. The van der Waals surface area contributed by atoms with E-state index in [0.29, 0.717) is 23.3 Å². The van der Waals surface area contributed by atoms with E-state index >= 15 is 0 Å². The molecule has 11 nitrogen and oxygen atoms in total. The van der Waals surface area contributed by atoms with Gasteiger partial charge in [-0.3, -0.25) is 18.4 Å². The fraction of sp³-hybridized carbons (Fsp3) is 0.650. The van der Waals surface area contributed by atoms with Crippen molar-refractivity contribution in [2.75, 3.05) is 18.9 Å². The topological polar surface area (TPSA) is 137 Å². The second-order valence-corrected chi connectivity index (χ2v) is 11.1.